The molecule has 4 aromatic carbocycles. The highest BCUT2D eigenvalue weighted by Crippen LogP contribution is 2.31. The number of hydrogen-bond donors (Lipinski definition) is 0. The minimum atomic E-state index is -6.26. The first-order chi connectivity index (χ1) is 20.7. The Balaban J connectivity index is 2.69. The Kier molecular flexibility index (Phi) is 8.25. The molecule has 0 bridgehead atoms. The molecule has 0 aliphatic rings. The highest BCUT2D eigenvalue weighted by Gasteiger charge is 2.51. The third-order valence-electron chi connectivity index (χ3n) is 7.80. The number of rotatable bonds is 4. The van der Waals surface area contributed by atoms with E-state index in [0.717, 1.165) is 0 Å². The Bertz CT molecular complexity index is 1570. The van der Waals surface area contributed by atoms with Gasteiger partial charge in [-0.1, -0.05) is 0 Å². The monoisotopic (exact) mass is 663 g/mol. The lowest BCUT2D eigenvalue weighted by Gasteiger charge is -2.45. The highest BCUT2D eigenvalue weighted by atomic mass is 19.2. The van der Waals surface area contributed by atoms with E-state index in [4.69, 9.17) is 0 Å². The third-order valence-corrected chi connectivity index (χ3v) is 7.80. The predicted octanol–water partition coefficient (Wildman–Crippen LogP) is 6.52. The molecule has 0 amide bonds. The molecule has 0 saturated heterocycles. The maximum absolute atomic E-state index is 16.0. The first-order valence-electron chi connectivity index (χ1n) is 12.2. The molecular formula is C28H12BF16-. The maximum atomic E-state index is 16.0. The normalized spacial score (nSPS) is 12.0. The van der Waals surface area contributed by atoms with Crippen molar-refractivity contribution in [3.63, 3.8) is 0 Å². The largest absolute Gasteiger partial charge is 0.210 e. The molecule has 17 heteroatoms. The first-order valence-corrected chi connectivity index (χ1v) is 12.2. The highest BCUT2D eigenvalue weighted by molar-refractivity contribution is 7.20. The fourth-order valence-electron chi connectivity index (χ4n) is 5.48. The molecule has 0 nitrogen and oxygen atoms in total. The Hall–Kier alpha value is -4.18. The van der Waals surface area contributed by atoms with Crippen LogP contribution in [0.3, 0.4) is 0 Å². The molecule has 4 rings (SSSR count). The molecule has 0 unspecified atom stereocenters. The first kappa shape index (κ1) is 33.7. The fraction of sp³-hybridized carbons (Fsp3) is 0.143. The molecule has 0 aliphatic carbocycles. The summed E-state index contributed by atoms with van der Waals surface area (Å²) in [7, 11) is 0. The molecule has 240 valence electrons. The summed E-state index contributed by atoms with van der Waals surface area (Å²) in [6.45, 7) is 0.973. The number of benzene rings is 4. The van der Waals surface area contributed by atoms with Gasteiger partial charge in [0.15, 0.2) is 46.5 Å². The molecule has 0 N–H and O–H groups in total. The third kappa shape index (κ3) is 4.25. The van der Waals surface area contributed by atoms with Crippen molar-refractivity contribution >= 4 is 28.0 Å². The van der Waals surface area contributed by atoms with Gasteiger partial charge in [0.2, 0.25) is 0 Å². The van der Waals surface area contributed by atoms with Gasteiger partial charge in [-0.05, 0) is 27.7 Å². The smallest absolute Gasteiger partial charge is 0.191 e. The quantitative estimate of drug-likeness (QED) is 0.101. The summed E-state index contributed by atoms with van der Waals surface area (Å²) in [5.41, 5.74) is -17.8. The summed E-state index contributed by atoms with van der Waals surface area (Å²) in [6.07, 6.45) is -6.26. The zero-order chi connectivity index (χ0) is 34.4. The number of halogens is 16. The van der Waals surface area contributed by atoms with E-state index in [0.29, 0.717) is 0 Å². The second-order valence-electron chi connectivity index (χ2n) is 10.0. The topological polar surface area (TPSA) is 0 Å². The summed E-state index contributed by atoms with van der Waals surface area (Å²) in [4.78, 5) is 0. The summed E-state index contributed by atoms with van der Waals surface area (Å²) in [6, 6.07) is 0. The van der Waals surface area contributed by atoms with Crippen molar-refractivity contribution in [2.24, 2.45) is 0 Å². The van der Waals surface area contributed by atoms with Crippen molar-refractivity contribution in [2.45, 2.75) is 27.7 Å². The van der Waals surface area contributed by atoms with Crippen molar-refractivity contribution in [2.75, 3.05) is 0 Å². The van der Waals surface area contributed by atoms with Gasteiger partial charge >= 0.3 is 0 Å². The molecule has 0 atom stereocenters. The molecule has 0 radical (unpaired) electrons. The van der Waals surface area contributed by atoms with Crippen molar-refractivity contribution in [1.82, 2.24) is 0 Å². The molecule has 0 heterocycles. The Morgan fingerprint density at radius 2 is 0.378 bits per heavy atom. The van der Waals surface area contributed by atoms with Crippen LogP contribution in [0.1, 0.15) is 22.3 Å². The molecule has 0 aliphatic heterocycles. The van der Waals surface area contributed by atoms with Gasteiger partial charge < -0.3 is 0 Å². The zero-order valence-electron chi connectivity index (χ0n) is 22.6. The van der Waals surface area contributed by atoms with Crippen molar-refractivity contribution < 1.29 is 70.2 Å². The van der Waals surface area contributed by atoms with Crippen LogP contribution in [-0.2, 0) is 0 Å². The minimum Gasteiger partial charge on any atom is -0.210 e. The lowest BCUT2D eigenvalue weighted by molar-refractivity contribution is 0.428. The van der Waals surface area contributed by atoms with Gasteiger partial charge in [-0.3, -0.25) is 0 Å². The van der Waals surface area contributed by atoms with E-state index in [-0.39, 0.29) is 27.7 Å². The average Bonchev–Trinajstić information content (AvgIpc) is 3.00. The van der Waals surface area contributed by atoms with Gasteiger partial charge in [-0.25, -0.2) is 70.2 Å². The molecule has 45 heavy (non-hydrogen) atoms. The number of hydrogen-bond acceptors (Lipinski definition) is 0. The van der Waals surface area contributed by atoms with Crippen LogP contribution in [0, 0.1) is 121 Å². The van der Waals surface area contributed by atoms with Crippen LogP contribution >= 0.6 is 0 Å². The molecule has 0 fully saturated rings. The van der Waals surface area contributed by atoms with E-state index < -0.39 is 143 Å². The lowest BCUT2D eigenvalue weighted by atomic mass is 9.12. The van der Waals surface area contributed by atoms with Crippen LogP contribution in [0.25, 0.3) is 0 Å². The SMILES string of the molecule is Cc1c(F)c(F)c(F)c([B-](c2c(F)c(C)c(F)c(F)c2F)(c2c(F)c(C)c(F)c(F)c2F)c2c(F)c(C)c(F)c(F)c2F)c1F. The molecule has 4 aromatic rings. The Morgan fingerprint density at radius 3 is 0.533 bits per heavy atom. The fourth-order valence-corrected chi connectivity index (χ4v) is 5.48. The van der Waals surface area contributed by atoms with Crippen LogP contribution in [0.15, 0.2) is 0 Å². The second kappa shape index (κ2) is 11.0. The molecular weight excluding hydrogens is 651 g/mol. The molecule has 0 saturated carbocycles. The van der Waals surface area contributed by atoms with Gasteiger partial charge in [0, 0.05) is 22.3 Å². The predicted molar refractivity (Wildman–Crippen MR) is 128 cm³/mol. The van der Waals surface area contributed by atoms with Gasteiger partial charge in [0.25, 0.3) is 0 Å². The van der Waals surface area contributed by atoms with Gasteiger partial charge in [-0.15, -0.1) is 21.9 Å². The van der Waals surface area contributed by atoms with Crippen molar-refractivity contribution in [1.29, 1.82) is 0 Å². The van der Waals surface area contributed by atoms with Crippen molar-refractivity contribution in [3.8, 4) is 0 Å². The zero-order valence-corrected chi connectivity index (χ0v) is 22.6. The van der Waals surface area contributed by atoms with Crippen molar-refractivity contribution in [3.05, 3.63) is 115 Å². The van der Waals surface area contributed by atoms with Crippen LogP contribution in [-0.4, -0.2) is 6.15 Å². The Labute approximate surface area is 241 Å². The Morgan fingerprint density at radius 1 is 0.222 bits per heavy atom. The van der Waals surface area contributed by atoms with E-state index in [9.17, 15) is 35.1 Å². The van der Waals surface area contributed by atoms with E-state index in [1.54, 1.807) is 0 Å². The van der Waals surface area contributed by atoms with Crippen LogP contribution in [0.2, 0.25) is 0 Å². The standard InChI is InChI=1S/C28H12BF16/c1-5-13(30)9(21(38)25(42)17(5)34)29(10-14(31)6(2)18(35)26(43)22(10)39,11-15(32)7(3)19(36)27(44)23(11)40)12-16(33)8(4)20(37)28(45)24(12)41/h1-4H3/q-1. The van der Waals surface area contributed by atoms with E-state index in [1.807, 2.05) is 0 Å². The molecule has 0 aromatic heterocycles. The summed E-state index contributed by atoms with van der Waals surface area (Å²) in [5, 5.41) is 0. The van der Waals surface area contributed by atoms with E-state index in [1.165, 1.54) is 0 Å². The maximum Gasteiger partial charge on any atom is 0.191 e. The van der Waals surface area contributed by atoms with Gasteiger partial charge in [-0.2, -0.15) is 0 Å². The van der Waals surface area contributed by atoms with Crippen LogP contribution in [0.5, 0.6) is 0 Å². The van der Waals surface area contributed by atoms with E-state index >= 15 is 35.1 Å². The van der Waals surface area contributed by atoms with E-state index in [2.05, 4.69) is 0 Å². The second-order valence-corrected chi connectivity index (χ2v) is 10.0. The summed E-state index contributed by atoms with van der Waals surface area (Å²) in [5.74, 6) is -44.5. The van der Waals surface area contributed by atoms with Crippen LogP contribution < -0.4 is 21.9 Å². The van der Waals surface area contributed by atoms with Crippen LogP contribution in [0.4, 0.5) is 70.2 Å². The van der Waals surface area contributed by atoms with Gasteiger partial charge in [0.1, 0.15) is 29.4 Å². The lowest BCUT2D eigenvalue weighted by Crippen LogP contribution is -2.81. The summed E-state index contributed by atoms with van der Waals surface area (Å²) >= 11 is 0. The van der Waals surface area contributed by atoms with Gasteiger partial charge in [0.05, 0.1) is 23.3 Å². The summed E-state index contributed by atoms with van der Waals surface area (Å²) < 4.78 is 245. The average molecular weight is 663 g/mol. The molecule has 0 spiro atoms. The minimum absolute atomic E-state index is 0.243.